The van der Waals surface area contributed by atoms with Gasteiger partial charge in [0.15, 0.2) is 5.13 Å². The molecule has 0 saturated heterocycles. The van der Waals surface area contributed by atoms with E-state index in [1.807, 2.05) is 19.3 Å². The number of nitro benzene ring substituents is 1. The number of para-hydroxylation sites is 1. The summed E-state index contributed by atoms with van der Waals surface area (Å²) in [5.74, 6) is 0. The van der Waals surface area contributed by atoms with Gasteiger partial charge in [0.2, 0.25) is 0 Å². The molecule has 0 aliphatic heterocycles. The summed E-state index contributed by atoms with van der Waals surface area (Å²) in [6.45, 7) is 0. The Bertz CT molecular complexity index is 597. The highest BCUT2D eigenvalue weighted by Gasteiger charge is 2.14. The number of nitrogen functional groups attached to an aromatic ring is 1. The van der Waals surface area contributed by atoms with E-state index in [0.29, 0.717) is 6.42 Å². The number of hydrogen-bond donors (Lipinski definition) is 2. The highest BCUT2D eigenvalue weighted by atomic mass is 32.1. The van der Waals surface area contributed by atoms with Crippen molar-refractivity contribution >= 4 is 27.8 Å². The van der Waals surface area contributed by atoms with Crippen LogP contribution >= 0.6 is 11.3 Å². The lowest BCUT2D eigenvalue weighted by molar-refractivity contribution is -0.383. The zero-order valence-corrected chi connectivity index (χ0v) is 11.2. The van der Waals surface area contributed by atoms with E-state index < -0.39 is 4.92 Å². The molecule has 2 rings (SSSR count). The molecule has 6 nitrogen and oxygen atoms in total. The molecule has 0 radical (unpaired) electrons. The molecule has 1 heterocycles. The van der Waals surface area contributed by atoms with E-state index in [2.05, 4.69) is 10.3 Å². The highest BCUT2D eigenvalue weighted by molar-refractivity contribution is 7.15. The summed E-state index contributed by atoms with van der Waals surface area (Å²) in [7, 11) is 1.82. The predicted octanol–water partition coefficient (Wildman–Crippen LogP) is 2.46. The van der Waals surface area contributed by atoms with Crippen LogP contribution in [0.15, 0.2) is 24.4 Å². The lowest BCUT2D eigenvalue weighted by Gasteiger charge is -2.04. The zero-order valence-electron chi connectivity index (χ0n) is 10.4. The van der Waals surface area contributed by atoms with Crippen molar-refractivity contribution in [3.8, 4) is 0 Å². The Morgan fingerprint density at radius 3 is 2.89 bits per heavy atom. The van der Waals surface area contributed by atoms with E-state index in [-0.39, 0.29) is 11.4 Å². The molecule has 0 spiro atoms. The number of anilines is 2. The Morgan fingerprint density at radius 2 is 2.26 bits per heavy atom. The van der Waals surface area contributed by atoms with Gasteiger partial charge >= 0.3 is 0 Å². The number of nitrogens with one attached hydrogen (secondary N) is 1. The molecule has 0 aliphatic carbocycles. The molecule has 1 aromatic carbocycles. The molecular formula is C12H14N4O2S. The van der Waals surface area contributed by atoms with Crippen molar-refractivity contribution in [1.29, 1.82) is 0 Å². The zero-order chi connectivity index (χ0) is 13.8. The summed E-state index contributed by atoms with van der Waals surface area (Å²) in [4.78, 5) is 15.6. The van der Waals surface area contributed by atoms with Gasteiger partial charge in [0, 0.05) is 24.2 Å². The first-order valence-electron chi connectivity index (χ1n) is 5.76. The predicted molar refractivity (Wildman–Crippen MR) is 76.6 cm³/mol. The van der Waals surface area contributed by atoms with Crippen molar-refractivity contribution in [2.45, 2.75) is 12.8 Å². The number of benzene rings is 1. The molecule has 0 saturated carbocycles. The lowest BCUT2D eigenvalue weighted by atomic mass is 10.1. The number of thiazole rings is 1. The quantitative estimate of drug-likeness (QED) is 0.497. The average molecular weight is 278 g/mol. The Kier molecular flexibility index (Phi) is 3.96. The molecule has 0 bridgehead atoms. The number of nitrogens with zero attached hydrogens (tertiary/aromatic N) is 2. The van der Waals surface area contributed by atoms with Crippen molar-refractivity contribution in [2.24, 2.45) is 0 Å². The number of rotatable bonds is 5. The molecule has 19 heavy (non-hydrogen) atoms. The summed E-state index contributed by atoms with van der Waals surface area (Å²) in [6.07, 6.45) is 3.24. The topological polar surface area (TPSA) is 94.1 Å². The molecule has 0 aliphatic rings. The monoisotopic (exact) mass is 278 g/mol. The van der Waals surface area contributed by atoms with Crippen LogP contribution in [-0.2, 0) is 12.8 Å². The van der Waals surface area contributed by atoms with Crippen molar-refractivity contribution in [2.75, 3.05) is 18.1 Å². The second kappa shape index (κ2) is 5.66. The normalized spacial score (nSPS) is 10.4. The van der Waals surface area contributed by atoms with Crippen LogP contribution in [0.2, 0.25) is 0 Å². The van der Waals surface area contributed by atoms with Crippen molar-refractivity contribution in [1.82, 2.24) is 4.98 Å². The first-order chi connectivity index (χ1) is 9.11. The summed E-state index contributed by atoms with van der Waals surface area (Å²) < 4.78 is 0. The van der Waals surface area contributed by atoms with Gasteiger partial charge in [-0.05, 0) is 18.4 Å². The SMILES string of the molecule is CNc1ncc(CCc2cccc([N+](=O)[O-])c2N)s1. The van der Waals surface area contributed by atoms with Gasteiger partial charge in [-0.1, -0.05) is 12.1 Å². The van der Waals surface area contributed by atoms with E-state index in [0.717, 1.165) is 22.0 Å². The minimum absolute atomic E-state index is 0.0299. The fourth-order valence-electron chi connectivity index (χ4n) is 1.77. The van der Waals surface area contributed by atoms with Crippen molar-refractivity contribution in [3.05, 3.63) is 45.0 Å². The standard InChI is InChI=1S/C12H14N4O2S/c1-14-12-15-7-9(19-12)6-5-8-3-2-4-10(11(8)13)16(17)18/h2-4,7H,5-6,13H2,1H3,(H,14,15). The van der Waals surface area contributed by atoms with Gasteiger partial charge in [-0.3, -0.25) is 10.1 Å². The molecule has 7 heteroatoms. The largest absolute Gasteiger partial charge is 0.393 e. The van der Waals surface area contributed by atoms with Gasteiger partial charge in [-0.15, -0.1) is 11.3 Å². The van der Waals surface area contributed by atoms with Gasteiger partial charge in [-0.25, -0.2) is 4.98 Å². The Balaban J connectivity index is 2.11. The minimum atomic E-state index is -0.454. The molecular weight excluding hydrogens is 264 g/mol. The van der Waals surface area contributed by atoms with Crippen molar-refractivity contribution in [3.63, 3.8) is 0 Å². The van der Waals surface area contributed by atoms with Gasteiger partial charge in [-0.2, -0.15) is 0 Å². The molecule has 3 N–H and O–H groups in total. The third-order valence-corrected chi connectivity index (χ3v) is 3.85. The van der Waals surface area contributed by atoms with Crippen LogP contribution in [0.25, 0.3) is 0 Å². The Labute approximate surface area is 114 Å². The highest BCUT2D eigenvalue weighted by Crippen LogP contribution is 2.27. The summed E-state index contributed by atoms with van der Waals surface area (Å²) in [6, 6.07) is 4.91. The van der Waals surface area contributed by atoms with Crippen LogP contribution in [0.5, 0.6) is 0 Å². The van der Waals surface area contributed by atoms with Crippen molar-refractivity contribution < 1.29 is 4.92 Å². The van der Waals surface area contributed by atoms with E-state index in [9.17, 15) is 10.1 Å². The van der Waals surface area contributed by atoms with E-state index in [4.69, 9.17) is 5.73 Å². The van der Waals surface area contributed by atoms with Crippen LogP contribution in [0.3, 0.4) is 0 Å². The fraction of sp³-hybridized carbons (Fsp3) is 0.250. The van der Waals surface area contributed by atoms with Gasteiger partial charge in [0.1, 0.15) is 5.69 Å². The van der Waals surface area contributed by atoms with Gasteiger partial charge < -0.3 is 11.1 Å². The average Bonchev–Trinajstić information content (AvgIpc) is 2.85. The molecule has 100 valence electrons. The summed E-state index contributed by atoms with van der Waals surface area (Å²) in [5.41, 5.74) is 6.84. The summed E-state index contributed by atoms with van der Waals surface area (Å²) >= 11 is 1.57. The Morgan fingerprint density at radius 1 is 1.47 bits per heavy atom. The van der Waals surface area contributed by atoms with E-state index in [1.165, 1.54) is 6.07 Å². The second-order valence-corrected chi connectivity index (χ2v) is 5.10. The van der Waals surface area contributed by atoms with Crippen LogP contribution in [0.1, 0.15) is 10.4 Å². The number of nitrogens with two attached hydrogens (primary N) is 1. The number of aryl methyl sites for hydroxylation is 2. The summed E-state index contributed by atoms with van der Waals surface area (Å²) in [5, 5.41) is 14.6. The molecule has 2 aromatic rings. The van der Waals surface area contributed by atoms with Gasteiger partial charge in [0.05, 0.1) is 4.92 Å². The molecule has 0 unspecified atom stereocenters. The van der Waals surface area contributed by atoms with Gasteiger partial charge in [0.25, 0.3) is 5.69 Å². The maximum atomic E-state index is 10.8. The van der Waals surface area contributed by atoms with Crippen LogP contribution in [-0.4, -0.2) is 17.0 Å². The van der Waals surface area contributed by atoms with Crippen LogP contribution < -0.4 is 11.1 Å². The smallest absolute Gasteiger partial charge is 0.292 e. The third-order valence-electron chi connectivity index (χ3n) is 2.78. The second-order valence-electron chi connectivity index (χ2n) is 3.99. The molecule has 0 amide bonds. The van der Waals surface area contributed by atoms with Crippen LogP contribution in [0, 0.1) is 10.1 Å². The minimum Gasteiger partial charge on any atom is -0.393 e. The number of nitro groups is 1. The first kappa shape index (κ1) is 13.3. The number of aromatic nitrogens is 1. The lowest BCUT2D eigenvalue weighted by Crippen LogP contribution is -2.01. The maximum absolute atomic E-state index is 10.8. The van der Waals surface area contributed by atoms with E-state index in [1.54, 1.807) is 17.4 Å². The first-order valence-corrected chi connectivity index (χ1v) is 6.57. The Hall–Kier alpha value is -2.15. The third kappa shape index (κ3) is 3.00. The van der Waals surface area contributed by atoms with E-state index >= 15 is 0 Å². The van der Waals surface area contributed by atoms with Crippen LogP contribution in [0.4, 0.5) is 16.5 Å². The molecule has 0 atom stereocenters. The fourth-order valence-corrected chi connectivity index (χ4v) is 2.54. The molecule has 0 fully saturated rings. The maximum Gasteiger partial charge on any atom is 0.292 e. The molecule has 1 aromatic heterocycles. The number of hydrogen-bond acceptors (Lipinski definition) is 6.